The summed E-state index contributed by atoms with van der Waals surface area (Å²) < 4.78 is 11.3. The summed E-state index contributed by atoms with van der Waals surface area (Å²) in [6.45, 7) is 6.85. The normalized spacial score (nSPS) is 25.5. The van der Waals surface area contributed by atoms with Gasteiger partial charge in [0.25, 0.3) is 0 Å². The molecule has 21 heavy (non-hydrogen) atoms. The molecule has 0 saturated carbocycles. The average molecular weight is 310 g/mol. The van der Waals surface area contributed by atoms with E-state index >= 15 is 0 Å². The molecule has 2 saturated heterocycles. The Hall–Kier alpha value is -0.460. The van der Waals surface area contributed by atoms with Crippen molar-refractivity contribution in [2.75, 3.05) is 53.0 Å². The number of hydrogen-bond acceptors (Lipinski definition) is 5. The minimum absolute atomic E-state index is 0.434. The Labute approximate surface area is 131 Å². The topological polar surface area (TPSA) is 24.9 Å². The van der Waals surface area contributed by atoms with Crippen LogP contribution in [0.1, 0.15) is 23.8 Å². The first-order valence-electron chi connectivity index (χ1n) is 7.98. The summed E-state index contributed by atoms with van der Waals surface area (Å²) >= 11 is 1.87. The van der Waals surface area contributed by atoms with Crippen molar-refractivity contribution in [1.29, 1.82) is 0 Å². The molecule has 2 fully saturated rings. The first kappa shape index (κ1) is 15.4. The summed E-state index contributed by atoms with van der Waals surface area (Å²) in [5.41, 5.74) is 0. The molecule has 0 N–H and O–H groups in total. The van der Waals surface area contributed by atoms with Crippen LogP contribution in [0.25, 0.3) is 0 Å². The smallest absolute Gasteiger partial charge is 0.0702 e. The van der Waals surface area contributed by atoms with Gasteiger partial charge in [-0.2, -0.15) is 0 Å². The van der Waals surface area contributed by atoms with E-state index in [4.69, 9.17) is 9.47 Å². The second-order valence-electron chi connectivity index (χ2n) is 6.04. The number of rotatable bonds is 6. The van der Waals surface area contributed by atoms with Crippen molar-refractivity contribution in [3.05, 3.63) is 22.4 Å². The minimum atomic E-state index is 0.434. The Morgan fingerprint density at radius 3 is 2.90 bits per heavy atom. The Bertz CT molecular complexity index is 400. The lowest BCUT2D eigenvalue weighted by Gasteiger charge is -2.36. The van der Waals surface area contributed by atoms with E-state index in [0.29, 0.717) is 12.1 Å². The van der Waals surface area contributed by atoms with Crippen LogP contribution in [0.3, 0.4) is 0 Å². The maximum absolute atomic E-state index is 5.77. The van der Waals surface area contributed by atoms with Crippen molar-refractivity contribution < 1.29 is 9.47 Å². The summed E-state index contributed by atoms with van der Waals surface area (Å²) in [5.74, 6) is 0. The molecule has 0 aliphatic carbocycles. The maximum atomic E-state index is 5.77. The van der Waals surface area contributed by atoms with Crippen LogP contribution in [0.15, 0.2) is 17.5 Å². The summed E-state index contributed by atoms with van der Waals surface area (Å²) in [7, 11) is 2.22. The first-order chi connectivity index (χ1) is 10.3. The predicted octanol–water partition coefficient (Wildman–Crippen LogP) is 2.23. The molecule has 0 amide bonds. The van der Waals surface area contributed by atoms with Gasteiger partial charge in [0.15, 0.2) is 0 Å². The second kappa shape index (κ2) is 7.70. The molecule has 118 valence electrons. The van der Waals surface area contributed by atoms with Gasteiger partial charge < -0.3 is 14.4 Å². The van der Waals surface area contributed by atoms with Gasteiger partial charge in [-0.3, -0.25) is 4.90 Å². The fourth-order valence-corrected chi connectivity index (χ4v) is 4.11. The van der Waals surface area contributed by atoms with Crippen molar-refractivity contribution in [3.8, 4) is 0 Å². The number of hydrogen-bond donors (Lipinski definition) is 0. The third-order valence-electron chi connectivity index (χ3n) is 4.38. The summed E-state index contributed by atoms with van der Waals surface area (Å²) in [5, 5.41) is 2.18. The lowest BCUT2D eigenvalue weighted by Crippen LogP contribution is -2.44. The lowest BCUT2D eigenvalue weighted by molar-refractivity contribution is 0.00561. The molecule has 5 heteroatoms. The summed E-state index contributed by atoms with van der Waals surface area (Å²) in [4.78, 5) is 6.48. The number of likely N-dealkylation sites (N-methyl/N-ethyl adjacent to an activating group) is 1. The molecule has 3 heterocycles. The van der Waals surface area contributed by atoms with Gasteiger partial charge in [-0.05, 0) is 31.3 Å². The van der Waals surface area contributed by atoms with Crippen LogP contribution < -0.4 is 0 Å². The van der Waals surface area contributed by atoms with Crippen molar-refractivity contribution >= 4 is 11.3 Å². The zero-order valence-electron chi connectivity index (χ0n) is 12.9. The summed E-state index contributed by atoms with van der Waals surface area (Å²) in [6.07, 6.45) is 2.87. The summed E-state index contributed by atoms with van der Waals surface area (Å²) in [6, 6.07) is 4.92. The molecule has 4 nitrogen and oxygen atoms in total. The molecular formula is C16H26N2O2S. The van der Waals surface area contributed by atoms with Gasteiger partial charge in [0.05, 0.1) is 25.4 Å². The minimum Gasteiger partial charge on any atom is -0.379 e. The van der Waals surface area contributed by atoms with E-state index in [1.165, 1.54) is 17.7 Å². The van der Waals surface area contributed by atoms with Crippen molar-refractivity contribution in [3.63, 3.8) is 0 Å². The Kier molecular flexibility index (Phi) is 5.66. The van der Waals surface area contributed by atoms with E-state index in [9.17, 15) is 0 Å². The third kappa shape index (κ3) is 4.27. The van der Waals surface area contributed by atoms with Gasteiger partial charge in [0, 0.05) is 37.7 Å². The molecule has 1 aromatic rings. The second-order valence-corrected chi connectivity index (χ2v) is 7.02. The number of thiophene rings is 1. The zero-order chi connectivity index (χ0) is 14.5. The van der Waals surface area contributed by atoms with Crippen LogP contribution in [0.2, 0.25) is 0 Å². The molecular weight excluding hydrogens is 284 g/mol. The molecule has 2 aliphatic rings. The molecule has 0 aromatic carbocycles. The van der Waals surface area contributed by atoms with Gasteiger partial charge in [-0.1, -0.05) is 6.07 Å². The Balaban J connectivity index is 1.61. The largest absolute Gasteiger partial charge is 0.379 e. The number of morpholine rings is 1. The van der Waals surface area contributed by atoms with Gasteiger partial charge in [-0.25, -0.2) is 0 Å². The molecule has 2 atom stereocenters. The number of ether oxygens (including phenoxy) is 2. The van der Waals surface area contributed by atoms with Crippen LogP contribution in [0.4, 0.5) is 0 Å². The van der Waals surface area contributed by atoms with Gasteiger partial charge in [0.2, 0.25) is 0 Å². The molecule has 0 unspecified atom stereocenters. The molecule has 0 spiro atoms. The molecule has 0 radical (unpaired) electrons. The van der Waals surface area contributed by atoms with Gasteiger partial charge in [0.1, 0.15) is 0 Å². The zero-order valence-corrected chi connectivity index (χ0v) is 13.7. The fraction of sp³-hybridized carbons (Fsp3) is 0.750. The van der Waals surface area contributed by atoms with E-state index in [2.05, 4.69) is 34.4 Å². The van der Waals surface area contributed by atoms with Crippen LogP contribution >= 0.6 is 11.3 Å². The quantitative estimate of drug-likeness (QED) is 0.804. The predicted molar refractivity (Wildman–Crippen MR) is 85.9 cm³/mol. The molecule has 3 rings (SSSR count). The lowest BCUT2D eigenvalue weighted by atomic mass is 10.1. The Morgan fingerprint density at radius 2 is 2.24 bits per heavy atom. The van der Waals surface area contributed by atoms with E-state index < -0.39 is 0 Å². The average Bonchev–Trinajstić information content (AvgIpc) is 3.19. The van der Waals surface area contributed by atoms with Crippen LogP contribution in [0.5, 0.6) is 0 Å². The highest BCUT2D eigenvalue weighted by Crippen LogP contribution is 2.27. The van der Waals surface area contributed by atoms with Gasteiger partial charge in [-0.15, -0.1) is 11.3 Å². The van der Waals surface area contributed by atoms with Crippen molar-refractivity contribution in [2.45, 2.75) is 25.0 Å². The molecule has 2 aliphatic heterocycles. The highest BCUT2D eigenvalue weighted by Gasteiger charge is 2.26. The van der Waals surface area contributed by atoms with E-state index in [1.54, 1.807) is 0 Å². The van der Waals surface area contributed by atoms with Crippen molar-refractivity contribution in [2.24, 2.45) is 0 Å². The number of nitrogens with zero attached hydrogens (tertiary/aromatic N) is 2. The fourth-order valence-electron chi connectivity index (χ4n) is 3.26. The monoisotopic (exact) mass is 310 g/mol. The Morgan fingerprint density at radius 1 is 1.38 bits per heavy atom. The molecule has 0 bridgehead atoms. The highest BCUT2D eigenvalue weighted by atomic mass is 32.1. The van der Waals surface area contributed by atoms with Gasteiger partial charge >= 0.3 is 0 Å². The molecule has 1 aromatic heterocycles. The SMILES string of the molecule is CN(C[C@H]1CCCO1)C[C@H](c1cccs1)N1CCOCC1. The third-order valence-corrected chi connectivity index (χ3v) is 5.36. The van der Waals surface area contributed by atoms with Crippen LogP contribution in [-0.4, -0.2) is 69.0 Å². The highest BCUT2D eigenvalue weighted by molar-refractivity contribution is 7.10. The maximum Gasteiger partial charge on any atom is 0.0702 e. The van der Waals surface area contributed by atoms with E-state index in [1.807, 2.05) is 11.3 Å². The van der Waals surface area contributed by atoms with Crippen LogP contribution in [0, 0.1) is 0 Å². The van der Waals surface area contributed by atoms with Crippen molar-refractivity contribution in [1.82, 2.24) is 9.80 Å². The first-order valence-corrected chi connectivity index (χ1v) is 8.86. The van der Waals surface area contributed by atoms with E-state index in [0.717, 1.165) is 46.0 Å². The standard InChI is InChI=1S/C16H26N2O2S/c1-17(12-14-4-2-8-20-14)13-15(16-5-3-11-21-16)18-6-9-19-10-7-18/h3,5,11,14-15H,2,4,6-10,12-13H2,1H3/t14-,15-/m1/s1. The van der Waals surface area contributed by atoms with E-state index in [-0.39, 0.29) is 0 Å². The van der Waals surface area contributed by atoms with Crippen LogP contribution in [-0.2, 0) is 9.47 Å².